The Morgan fingerprint density at radius 1 is 0.750 bits per heavy atom. The zero-order valence-corrected chi connectivity index (χ0v) is 40.1. The van der Waals surface area contributed by atoms with E-state index in [0.717, 1.165) is 11.1 Å². The van der Waals surface area contributed by atoms with Crippen LogP contribution < -0.4 is 26.6 Å². The first-order valence-electron chi connectivity index (χ1n) is 22.1. The fraction of sp³-hybridized carbons (Fsp3) is 0.562. The molecular weight excluding hydrogens is 931 g/mol. The minimum atomic E-state index is -1.63. The minimum absolute atomic E-state index is 0.00303. The molecule has 3 rings (SSSR count). The molecule has 0 radical (unpaired) electrons. The van der Waals surface area contributed by atoms with Crippen molar-refractivity contribution in [3.05, 3.63) is 71.8 Å². The van der Waals surface area contributed by atoms with E-state index in [1.807, 2.05) is 116 Å². The predicted octanol–water partition coefficient (Wildman–Crippen LogP) is 3.45. The number of alkyl halides is 1. The van der Waals surface area contributed by atoms with E-state index in [1.165, 1.54) is 6.92 Å². The van der Waals surface area contributed by atoms with Gasteiger partial charge >= 0.3 is 5.97 Å². The maximum absolute atomic E-state index is 14.4. The van der Waals surface area contributed by atoms with Gasteiger partial charge in [-0.15, -0.1) is 12.3 Å². The summed E-state index contributed by atoms with van der Waals surface area (Å²) in [4.78, 5) is 97.3. The molecule has 1 saturated heterocycles. The van der Waals surface area contributed by atoms with Crippen LogP contribution in [0.5, 0.6) is 0 Å². The molecule has 350 valence electrons. The number of Topliss-reactive ketones (excluding diaryl/α,β-unsaturated/α-hetero) is 1. The zero-order chi connectivity index (χ0) is 47.1. The number of halogens is 1. The molecular formula is C48H67IN6O9. The third kappa shape index (κ3) is 19.5. The number of hydrogen-bond acceptors (Lipinski definition) is 10. The molecule has 1 aliphatic heterocycles. The van der Waals surface area contributed by atoms with E-state index in [4.69, 9.17) is 15.9 Å². The van der Waals surface area contributed by atoms with Crippen molar-refractivity contribution in [2.75, 3.05) is 43.8 Å². The smallest absolute Gasteiger partial charge is 0.308 e. The molecule has 5 atom stereocenters. The summed E-state index contributed by atoms with van der Waals surface area (Å²) in [5.41, 5.74) is 0.0933. The number of rotatable bonds is 27. The number of ketones is 1. The molecule has 0 spiro atoms. The van der Waals surface area contributed by atoms with Gasteiger partial charge in [0.1, 0.15) is 18.1 Å². The van der Waals surface area contributed by atoms with Crippen molar-refractivity contribution in [2.45, 2.75) is 116 Å². The third-order valence-electron chi connectivity index (χ3n) is 10.5. The van der Waals surface area contributed by atoms with Gasteiger partial charge in [0.25, 0.3) is 0 Å². The van der Waals surface area contributed by atoms with E-state index in [-0.39, 0.29) is 86.1 Å². The average Bonchev–Trinajstić information content (AvgIpc) is 3.26. The fourth-order valence-corrected chi connectivity index (χ4v) is 7.63. The van der Waals surface area contributed by atoms with Gasteiger partial charge in [-0.25, -0.2) is 0 Å². The largest absolute Gasteiger partial charge is 0.450 e. The van der Waals surface area contributed by atoms with Gasteiger partial charge in [-0.3, -0.25) is 38.5 Å². The van der Waals surface area contributed by atoms with E-state index >= 15 is 0 Å². The van der Waals surface area contributed by atoms with E-state index < -0.39 is 59.2 Å². The standard InChI is InChI=1S/C48H67IN6O9/c1-7-8-19-41(56)50-23-22-43(58)64-48(6,32-49)44(59)38(28-33(2)3)52-47(62)40(30-36-17-13-10-14-18-36)54-46(61)39(29-34(4)5)53-45(60)37(21-20-35-15-11-9-12-16-35)51-42(57)31-55-24-26-63-27-25-55/h1,9-18,33-34,37-40H,8,19-32H2,2-6H3,(H,50,56)(H,51,57)(H,52,62)(H,53,60)(H,54,61)/t37-,38-,39?,40-,48+/m0/s1. The molecule has 2 aromatic carbocycles. The molecule has 2 aromatic rings. The van der Waals surface area contributed by atoms with Gasteiger partial charge in [-0.2, -0.15) is 0 Å². The monoisotopic (exact) mass is 998 g/mol. The van der Waals surface area contributed by atoms with Crippen LogP contribution in [0.25, 0.3) is 0 Å². The number of ether oxygens (including phenoxy) is 2. The number of esters is 1. The van der Waals surface area contributed by atoms with Crippen molar-refractivity contribution in [3.63, 3.8) is 0 Å². The molecule has 1 unspecified atom stereocenters. The second-order valence-electron chi connectivity index (χ2n) is 17.2. The first-order chi connectivity index (χ1) is 30.5. The summed E-state index contributed by atoms with van der Waals surface area (Å²) in [6, 6.07) is 14.4. The fourth-order valence-electron chi connectivity index (χ4n) is 7.10. The van der Waals surface area contributed by atoms with Crippen LogP contribution in [0.3, 0.4) is 0 Å². The Bertz CT molecular complexity index is 1870. The molecule has 16 heteroatoms. The predicted molar refractivity (Wildman–Crippen MR) is 253 cm³/mol. The van der Waals surface area contributed by atoms with Crippen molar-refractivity contribution in [3.8, 4) is 12.3 Å². The second-order valence-corrected chi connectivity index (χ2v) is 17.9. The van der Waals surface area contributed by atoms with Crippen LogP contribution in [0.1, 0.15) is 84.3 Å². The minimum Gasteiger partial charge on any atom is -0.450 e. The molecule has 5 amide bonds. The zero-order valence-electron chi connectivity index (χ0n) is 37.9. The Morgan fingerprint density at radius 2 is 1.30 bits per heavy atom. The quantitative estimate of drug-likeness (QED) is 0.0382. The molecule has 5 N–H and O–H groups in total. The van der Waals surface area contributed by atoms with Crippen molar-refractivity contribution in [2.24, 2.45) is 11.8 Å². The van der Waals surface area contributed by atoms with Crippen LogP contribution in [-0.2, 0) is 55.9 Å². The van der Waals surface area contributed by atoms with Gasteiger partial charge in [0.05, 0.1) is 32.2 Å². The lowest BCUT2D eigenvalue weighted by Crippen LogP contribution is -2.60. The molecule has 0 bridgehead atoms. The molecule has 15 nitrogen and oxygen atoms in total. The summed E-state index contributed by atoms with van der Waals surface area (Å²) in [5, 5.41) is 14.2. The summed E-state index contributed by atoms with van der Waals surface area (Å²) in [6.07, 6.45) is 6.69. The average molecular weight is 999 g/mol. The SMILES string of the molecule is C#CCCC(=O)NCCC(=O)O[C@](C)(CI)C(=O)[C@H](CC(C)C)NC(=O)[C@H](Cc1ccccc1)NC(=O)C(CC(C)C)NC(=O)[C@H](CCc1ccccc1)NC(=O)CN1CCOCC1. The maximum Gasteiger partial charge on any atom is 0.308 e. The van der Waals surface area contributed by atoms with Crippen LogP contribution in [0.2, 0.25) is 0 Å². The lowest BCUT2D eigenvalue weighted by Gasteiger charge is -2.32. The van der Waals surface area contributed by atoms with Gasteiger partial charge < -0.3 is 36.1 Å². The van der Waals surface area contributed by atoms with Crippen molar-refractivity contribution in [1.82, 2.24) is 31.5 Å². The number of terminal acetylenes is 1. The Morgan fingerprint density at radius 3 is 1.89 bits per heavy atom. The number of nitrogens with zero attached hydrogens (tertiary/aromatic N) is 1. The number of hydrogen-bond donors (Lipinski definition) is 5. The van der Waals surface area contributed by atoms with Gasteiger partial charge in [0, 0.05) is 43.3 Å². The molecule has 1 aliphatic rings. The molecule has 0 saturated carbocycles. The Kier molecular flexibility index (Phi) is 23.5. The highest BCUT2D eigenvalue weighted by Gasteiger charge is 2.42. The highest BCUT2D eigenvalue weighted by atomic mass is 127. The summed E-state index contributed by atoms with van der Waals surface area (Å²) in [5.74, 6) is -1.37. The van der Waals surface area contributed by atoms with Crippen molar-refractivity contribution in [1.29, 1.82) is 0 Å². The van der Waals surface area contributed by atoms with Crippen LogP contribution in [0.4, 0.5) is 0 Å². The molecule has 1 fully saturated rings. The first kappa shape index (κ1) is 53.5. The van der Waals surface area contributed by atoms with E-state index in [2.05, 4.69) is 32.5 Å². The lowest BCUT2D eigenvalue weighted by atomic mass is 9.90. The van der Waals surface area contributed by atoms with Crippen LogP contribution in [0.15, 0.2) is 60.7 Å². The molecule has 0 aliphatic carbocycles. The number of amides is 5. The van der Waals surface area contributed by atoms with Gasteiger partial charge in [0.15, 0.2) is 11.4 Å². The number of benzene rings is 2. The highest BCUT2D eigenvalue weighted by Crippen LogP contribution is 2.22. The lowest BCUT2D eigenvalue weighted by molar-refractivity contribution is -0.164. The van der Waals surface area contributed by atoms with Crippen LogP contribution in [0, 0.1) is 24.2 Å². The molecule has 0 aromatic heterocycles. The van der Waals surface area contributed by atoms with E-state index in [1.54, 1.807) is 0 Å². The van der Waals surface area contributed by atoms with Gasteiger partial charge in [-0.1, -0.05) is 111 Å². The number of aryl methyl sites for hydroxylation is 1. The number of nitrogens with one attached hydrogen (secondary N) is 5. The number of carbonyl (C=O) groups excluding carboxylic acids is 7. The summed E-state index contributed by atoms with van der Waals surface area (Å²) in [7, 11) is 0. The van der Waals surface area contributed by atoms with Crippen LogP contribution in [-0.4, -0.2) is 120 Å². The molecule has 64 heavy (non-hydrogen) atoms. The second kappa shape index (κ2) is 28.1. The van der Waals surface area contributed by atoms with Crippen molar-refractivity contribution >= 4 is 63.9 Å². The van der Waals surface area contributed by atoms with Crippen LogP contribution >= 0.6 is 22.6 Å². The molecule has 1 heterocycles. The van der Waals surface area contributed by atoms with Gasteiger partial charge in [-0.05, 0) is 55.6 Å². The van der Waals surface area contributed by atoms with E-state index in [0.29, 0.717) is 32.7 Å². The normalized spacial score (nSPS) is 15.6. The Balaban J connectivity index is 1.84. The maximum atomic E-state index is 14.4. The summed E-state index contributed by atoms with van der Waals surface area (Å²) >= 11 is 1.96. The summed E-state index contributed by atoms with van der Waals surface area (Å²) < 4.78 is 11.2. The van der Waals surface area contributed by atoms with Crippen molar-refractivity contribution < 1.29 is 43.0 Å². The van der Waals surface area contributed by atoms with E-state index in [9.17, 15) is 33.6 Å². The number of carbonyl (C=O) groups is 7. The Labute approximate surface area is 392 Å². The first-order valence-corrected chi connectivity index (χ1v) is 23.7. The third-order valence-corrected chi connectivity index (χ3v) is 12.0. The van der Waals surface area contributed by atoms with Gasteiger partial charge in [0.2, 0.25) is 29.5 Å². The topological polar surface area (TPSA) is 201 Å². The Hall–Kier alpha value is -4.86. The summed E-state index contributed by atoms with van der Waals surface area (Å²) in [6.45, 7) is 11.4. The highest BCUT2D eigenvalue weighted by molar-refractivity contribution is 14.1. The number of morpholine rings is 1.